The first-order valence-electron chi connectivity index (χ1n) is 3.35. The molecule has 0 spiro atoms. The van der Waals surface area contributed by atoms with Gasteiger partial charge in [0.2, 0.25) is 0 Å². The summed E-state index contributed by atoms with van der Waals surface area (Å²) in [4.78, 5) is 11.5. The van der Waals surface area contributed by atoms with Crippen molar-refractivity contribution in [3.8, 4) is 0 Å². The number of carbonyl (C=O) groups is 1. The van der Waals surface area contributed by atoms with E-state index in [1.165, 1.54) is 0 Å². The lowest BCUT2D eigenvalue weighted by Gasteiger charge is -2.04. The number of hydrogen-bond donors (Lipinski definition) is 0. The minimum atomic E-state index is -0.860. The Labute approximate surface area is 62.9 Å². The largest absolute Gasteiger partial charge is 0.444 e. The number of cyclic esters (lactones) is 1. The van der Waals surface area contributed by atoms with E-state index < -0.39 is 25.7 Å². The standard InChI is InChI=1S/C6H9F2NO2/c7-2-1-5-3-9(4-8)6(10)11-5/h5H,1-4H2. The molecule has 1 unspecified atom stereocenters. The Hall–Kier alpha value is -0.870. The number of amides is 1. The van der Waals surface area contributed by atoms with Gasteiger partial charge in [-0.1, -0.05) is 0 Å². The monoisotopic (exact) mass is 165 g/mol. The molecule has 64 valence electrons. The van der Waals surface area contributed by atoms with Crippen LogP contribution in [0.15, 0.2) is 0 Å². The van der Waals surface area contributed by atoms with Gasteiger partial charge >= 0.3 is 6.09 Å². The predicted octanol–water partition coefficient (Wildman–Crippen LogP) is 1.09. The molecular formula is C6H9F2NO2. The highest BCUT2D eigenvalue weighted by atomic mass is 19.1. The number of carbonyl (C=O) groups excluding carboxylic acids is 1. The summed E-state index contributed by atoms with van der Waals surface area (Å²) in [6.07, 6.45) is -1.00. The van der Waals surface area contributed by atoms with Crippen LogP contribution in [0.3, 0.4) is 0 Å². The van der Waals surface area contributed by atoms with Crippen LogP contribution in [-0.2, 0) is 4.74 Å². The lowest BCUT2D eigenvalue weighted by Crippen LogP contribution is -2.23. The average Bonchev–Trinajstić information content (AvgIpc) is 2.32. The highest BCUT2D eigenvalue weighted by Crippen LogP contribution is 2.13. The molecule has 3 nitrogen and oxygen atoms in total. The van der Waals surface area contributed by atoms with Crippen molar-refractivity contribution in [3.63, 3.8) is 0 Å². The molecule has 0 aromatic rings. The molecule has 0 radical (unpaired) electrons. The summed E-state index contributed by atoms with van der Waals surface area (Å²) in [5, 5.41) is 0. The molecule has 11 heavy (non-hydrogen) atoms. The Morgan fingerprint density at radius 3 is 2.82 bits per heavy atom. The Morgan fingerprint density at radius 2 is 2.36 bits per heavy atom. The normalized spacial score (nSPS) is 24.0. The van der Waals surface area contributed by atoms with Crippen LogP contribution in [0.2, 0.25) is 0 Å². The van der Waals surface area contributed by atoms with E-state index >= 15 is 0 Å². The molecule has 1 rings (SSSR count). The summed E-state index contributed by atoms with van der Waals surface area (Å²) in [6.45, 7) is -1.24. The highest BCUT2D eigenvalue weighted by Gasteiger charge is 2.30. The average molecular weight is 165 g/mol. The van der Waals surface area contributed by atoms with Gasteiger partial charge in [0.25, 0.3) is 0 Å². The molecule has 0 aliphatic carbocycles. The molecule has 0 saturated carbocycles. The van der Waals surface area contributed by atoms with Crippen molar-refractivity contribution in [1.82, 2.24) is 4.90 Å². The molecule has 1 fully saturated rings. The summed E-state index contributed by atoms with van der Waals surface area (Å²) >= 11 is 0. The SMILES string of the molecule is O=C1OC(CCF)CN1CF. The van der Waals surface area contributed by atoms with Gasteiger partial charge in [-0.25, -0.2) is 9.18 Å². The van der Waals surface area contributed by atoms with Gasteiger partial charge in [-0.2, -0.15) is 0 Å². The number of alkyl halides is 2. The Morgan fingerprint density at radius 1 is 1.64 bits per heavy atom. The van der Waals surface area contributed by atoms with Crippen LogP contribution in [0.1, 0.15) is 6.42 Å². The third-order valence-corrected chi connectivity index (χ3v) is 1.53. The predicted molar refractivity (Wildman–Crippen MR) is 33.5 cm³/mol. The number of nitrogens with zero attached hydrogens (tertiary/aromatic N) is 1. The number of hydrogen-bond acceptors (Lipinski definition) is 2. The van der Waals surface area contributed by atoms with Gasteiger partial charge < -0.3 is 4.74 Å². The van der Waals surface area contributed by atoms with E-state index in [-0.39, 0.29) is 13.0 Å². The molecule has 0 bridgehead atoms. The zero-order chi connectivity index (χ0) is 8.27. The zero-order valence-corrected chi connectivity index (χ0v) is 5.93. The van der Waals surface area contributed by atoms with Gasteiger partial charge in [0.05, 0.1) is 13.2 Å². The second-order valence-corrected chi connectivity index (χ2v) is 2.33. The fourth-order valence-corrected chi connectivity index (χ4v) is 0.944. The first kappa shape index (κ1) is 8.23. The molecule has 5 heteroatoms. The Bertz CT molecular complexity index is 154. The summed E-state index contributed by atoms with van der Waals surface area (Å²) in [6, 6.07) is 0. The van der Waals surface area contributed by atoms with Crippen LogP contribution in [0.5, 0.6) is 0 Å². The Kier molecular flexibility index (Phi) is 2.62. The van der Waals surface area contributed by atoms with Crippen LogP contribution in [-0.4, -0.2) is 37.1 Å². The van der Waals surface area contributed by atoms with Crippen molar-refractivity contribution in [2.75, 3.05) is 20.0 Å². The van der Waals surface area contributed by atoms with Gasteiger partial charge in [-0.05, 0) is 0 Å². The second kappa shape index (κ2) is 3.50. The van der Waals surface area contributed by atoms with Crippen molar-refractivity contribution in [2.45, 2.75) is 12.5 Å². The molecule has 1 aliphatic rings. The molecule has 1 aliphatic heterocycles. The lowest BCUT2D eigenvalue weighted by atomic mass is 10.3. The van der Waals surface area contributed by atoms with Crippen LogP contribution in [0.4, 0.5) is 13.6 Å². The van der Waals surface area contributed by atoms with Crippen LogP contribution in [0.25, 0.3) is 0 Å². The molecule has 0 aromatic heterocycles. The van der Waals surface area contributed by atoms with Gasteiger partial charge in [-0.3, -0.25) is 9.29 Å². The fraction of sp³-hybridized carbons (Fsp3) is 0.833. The quantitative estimate of drug-likeness (QED) is 0.586. The van der Waals surface area contributed by atoms with Crippen LogP contribution < -0.4 is 0 Å². The third-order valence-electron chi connectivity index (χ3n) is 1.53. The molecular weight excluding hydrogens is 156 g/mol. The minimum absolute atomic E-state index is 0.155. The van der Waals surface area contributed by atoms with E-state index in [4.69, 9.17) is 0 Å². The van der Waals surface area contributed by atoms with Crippen LogP contribution in [0, 0.1) is 0 Å². The van der Waals surface area contributed by atoms with Gasteiger partial charge in [0.1, 0.15) is 6.10 Å². The third kappa shape index (κ3) is 1.78. The van der Waals surface area contributed by atoms with Crippen molar-refractivity contribution < 1.29 is 18.3 Å². The molecule has 0 aromatic carbocycles. The van der Waals surface area contributed by atoms with Gasteiger partial charge in [0.15, 0.2) is 6.80 Å². The zero-order valence-electron chi connectivity index (χ0n) is 5.93. The maximum Gasteiger partial charge on any atom is 0.412 e. The summed E-state index contributed by atoms with van der Waals surface area (Å²) < 4.78 is 28.2. The molecule has 1 atom stereocenters. The topological polar surface area (TPSA) is 29.5 Å². The van der Waals surface area contributed by atoms with E-state index in [2.05, 4.69) is 4.74 Å². The second-order valence-electron chi connectivity index (χ2n) is 2.33. The number of rotatable bonds is 3. The molecule has 1 saturated heterocycles. The van der Waals surface area contributed by atoms with Crippen LogP contribution >= 0.6 is 0 Å². The maximum atomic E-state index is 11.9. The lowest BCUT2D eigenvalue weighted by molar-refractivity contribution is 0.121. The van der Waals surface area contributed by atoms with E-state index in [0.29, 0.717) is 0 Å². The van der Waals surface area contributed by atoms with E-state index in [1.54, 1.807) is 0 Å². The van der Waals surface area contributed by atoms with Gasteiger partial charge in [-0.15, -0.1) is 0 Å². The summed E-state index contributed by atoms with van der Waals surface area (Å²) in [7, 11) is 0. The Balaban J connectivity index is 2.36. The van der Waals surface area contributed by atoms with Crippen molar-refractivity contribution >= 4 is 6.09 Å². The molecule has 1 heterocycles. The van der Waals surface area contributed by atoms with E-state index in [0.717, 1.165) is 4.90 Å². The molecule has 0 N–H and O–H groups in total. The van der Waals surface area contributed by atoms with Gasteiger partial charge in [0, 0.05) is 6.42 Å². The first-order valence-corrected chi connectivity index (χ1v) is 3.35. The van der Waals surface area contributed by atoms with E-state index in [1.807, 2.05) is 0 Å². The number of halogens is 2. The smallest absolute Gasteiger partial charge is 0.412 e. The fourth-order valence-electron chi connectivity index (χ4n) is 0.944. The minimum Gasteiger partial charge on any atom is -0.444 e. The molecule has 1 amide bonds. The van der Waals surface area contributed by atoms with Crippen molar-refractivity contribution in [2.24, 2.45) is 0 Å². The summed E-state index contributed by atoms with van der Waals surface area (Å²) in [5.74, 6) is 0. The maximum absolute atomic E-state index is 11.9. The van der Waals surface area contributed by atoms with Crippen molar-refractivity contribution in [1.29, 1.82) is 0 Å². The van der Waals surface area contributed by atoms with Crippen molar-refractivity contribution in [3.05, 3.63) is 0 Å². The summed E-state index contributed by atoms with van der Waals surface area (Å²) in [5.41, 5.74) is 0. The highest BCUT2D eigenvalue weighted by molar-refractivity contribution is 5.69. The first-order chi connectivity index (χ1) is 5.27. The number of ether oxygens (including phenoxy) is 1. The van der Waals surface area contributed by atoms with E-state index in [9.17, 15) is 13.6 Å².